The van der Waals surface area contributed by atoms with E-state index in [1.165, 1.54) is 0 Å². The average Bonchev–Trinajstić information content (AvgIpc) is 2.75. The molecule has 1 fully saturated rings. The molecule has 0 saturated carbocycles. The monoisotopic (exact) mass is 252 g/mol. The van der Waals surface area contributed by atoms with Gasteiger partial charge >= 0.3 is 0 Å². The molecular weight excluding hydrogens is 228 g/mol. The van der Waals surface area contributed by atoms with Gasteiger partial charge in [-0.1, -0.05) is 6.92 Å². The van der Waals surface area contributed by atoms with Gasteiger partial charge in [0.2, 0.25) is 0 Å². The van der Waals surface area contributed by atoms with Gasteiger partial charge in [0.1, 0.15) is 0 Å². The normalized spacial score (nSPS) is 32.7. The van der Waals surface area contributed by atoms with Crippen LogP contribution in [0, 0.1) is 0 Å². The van der Waals surface area contributed by atoms with Crippen molar-refractivity contribution in [3.8, 4) is 0 Å². The summed E-state index contributed by atoms with van der Waals surface area (Å²) < 4.78 is 7.69. The second kappa shape index (κ2) is 5.02. The Morgan fingerprint density at radius 1 is 1.50 bits per heavy atom. The summed E-state index contributed by atoms with van der Waals surface area (Å²) in [5.74, 6) is 0. The van der Waals surface area contributed by atoms with E-state index in [1.54, 1.807) is 0 Å². The molecule has 102 valence electrons. The van der Waals surface area contributed by atoms with E-state index < -0.39 is 5.60 Å². The molecule has 1 N–H and O–H groups in total. The lowest BCUT2D eigenvalue weighted by Crippen LogP contribution is -2.48. The van der Waals surface area contributed by atoms with Crippen molar-refractivity contribution in [2.24, 2.45) is 0 Å². The van der Waals surface area contributed by atoms with Crippen molar-refractivity contribution in [1.82, 2.24) is 9.78 Å². The third-order valence-corrected chi connectivity index (χ3v) is 4.01. The Morgan fingerprint density at radius 2 is 2.28 bits per heavy atom. The molecule has 4 heteroatoms. The molecule has 2 rings (SSSR count). The van der Waals surface area contributed by atoms with Gasteiger partial charge in [-0.3, -0.25) is 4.68 Å². The molecule has 1 aliphatic rings. The third kappa shape index (κ3) is 2.93. The molecule has 18 heavy (non-hydrogen) atoms. The molecule has 2 atom stereocenters. The highest BCUT2D eigenvalue weighted by atomic mass is 16.5. The molecule has 1 aliphatic heterocycles. The standard InChI is InChI=1S/C14H24N2O2/c1-4-13(3)11-14(17,6-7-18-13)8-12-9-15-16(5-2)10-12/h9-10,17H,4-8,11H2,1-3H3. The Labute approximate surface area is 109 Å². The van der Waals surface area contributed by atoms with E-state index in [0.29, 0.717) is 25.9 Å². The van der Waals surface area contributed by atoms with Crippen LogP contribution in [0.5, 0.6) is 0 Å². The van der Waals surface area contributed by atoms with Gasteiger partial charge in [0.25, 0.3) is 0 Å². The van der Waals surface area contributed by atoms with Crippen molar-refractivity contribution in [2.45, 2.75) is 64.2 Å². The van der Waals surface area contributed by atoms with E-state index in [-0.39, 0.29) is 5.60 Å². The van der Waals surface area contributed by atoms with Crippen molar-refractivity contribution in [3.05, 3.63) is 18.0 Å². The largest absolute Gasteiger partial charge is 0.389 e. The summed E-state index contributed by atoms with van der Waals surface area (Å²) in [5, 5.41) is 15.0. The minimum atomic E-state index is -0.648. The van der Waals surface area contributed by atoms with Gasteiger partial charge in [-0.15, -0.1) is 0 Å². The summed E-state index contributed by atoms with van der Waals surface area (Å²) in [6.07, 6.45) is 6.90. The number of hydrogen-bond acceptors (Lipinski definition) is 3. The molecule has 1 aromatic heterocycles. The van der Waals surface area contributed by atoms with Gasteiger partial charge in [0, 0.05) is 25.6 Å². The lowest BCUT2D eigenvalue weighted by Gasteiger charge is -2.43. The Kier molecular flexibility index (Phi) is 3.78. The first-order valence-corrected chi connectivity index (χ1v) is 6.86. The third-order valence-electron chi connectivity index (χ3n) is 4.01. The Balaban J connectivity index is 2.06. The van der Waals surface area contributed by atoms with E-state index >= 15 is 0 Å². The summed E-state index contributed by atoms with van der Waals surface area (Å²) in [6.45, 7) is 7.78. The number of aliphatic hydroxyl groups is 1. The minimum Gasteiger partial charge on any atom is -0.389 e. The van der Waals surface area contributed by atoms with Gasteiger partial charge in [0.05, 0.1) is 24.0 Å². The molecule has 0 aliphatic carbocycles. The van der Waals surface area contributed by atoms with Crippen LogP contribution in [0.15, 0.2) is 12.4 Å². The topological polar surface area (TPSA) is 47.3 Å². The van der Waals surface area contributed by atoms with E-state index in [0.717, 1.165) is 18.5 Å². The first kappa shape index (κ1) is 13.6. The van der Waals surface area contributed by atoms with Crippen LogP contribution in [0.2, 0.25) is 0 Å². The fourth-order valence-corrected chi connectivity index (χ4v) is 2.75. The zero-order valence-corrected chi connectivity index (χ0v) is 11.6. The number of hydrogen-bond donors (Lipinski definition) is 1. The predicted octanol–water partition coefficient (Wildman–Crippen LogP) is 2.16. The molecule has 2 heterocycles. The fraction of sp³-hybridized carbons (Fsp3) is 0.786. The van der Waals surface area contributed by atoms with Crippen LogP contribution < -0.4 is 0 Å². The van der Waals surface area contributed by atoms with Crippen LogP contribution in [0.1, 0.15) is 45.6 Å². The average molecular weight is 252 g/mol. The summed E-state index contributed by atoms with van der Waals surface area (Å²) in [6, 6.07) is 0. The first-order chi connectivity index (χ1) is 8.49. The van der Waals surface area contributed by atoms with Crippen LogP contribution in [0.4, 0.5) is 0 Å². The Morgan fingerprint density at radius 3 is 2.89 bits per heavy atom. The minimum absolute atomic E-state index is 0.187. The van der Waals surface area contributed by atoms with Crippen LogP contribution in [0.3, 0.4) is 0 Å². The van der Waals surface area contributed by atoms with Crippen LogP contribution in [0.25, 0.3) is 0 Å². The number of nitrogens with zero attached hydrogens (tertiary/aromatic N) is 2. The molecule has 2 unspecified atom stereocenters. The number of ether oxygens (including phenoxy) is 1. The maximum absolute atomic E-state index is 10.8. The lowest BCUT2D eigenvalue weighted by molar-refractivity contribution is -0.152. The molecule has 0 amide bonds. The SMILES string of the molecule is CCn1cc(CC2(O)CCOC(C)(CC)C2)cn1. The summed E-state index contributed by atoms with van der Waals surface area (Å²) in [5.41, 5.74) is 0.276. The molecule has 0 aromatic carbocycles. The van der Waals surface area contributed by atoms with Crippen molar-refractivity contribution >= 4 is 0 Å². The Bertz CT molecular complexity index is 404. The second-order valence-corrected chi connectivity index (χ2v) is 5.68. The number of rotatable bonds is 4. The fourth-order valence-electron chi connectivity index (χ4n) is 2.75. The van der Waals surface area contributed by atoms with Crippen molar-refractivity contribution in [1.29, 1.82) is 0 Å². The van der Waals surface area contributed by atoms with Gasteiger partial charge in [0.15, 0.2) is 0 Å². The lowest BCUT2D eigenvalue weighted by atomic mass is 9.79. The number of aromatic nitrogens is 2. The summed E-state index contributed by atoms with van der Waals surface area (Å²) >= 11 is 0. The maximum Gasteiger partial charge on any atom is 0.0738 e. The molecule has 4 nitrogen and oxygen atoms in total. The Hall–Kier alpha value is -0.870. The highest BCUT2D eigenvalue weighted by Gasteiger charge is 2.41. The van der Waals surface area contributed by atoms with Gasteiger partial charge in [-0.2, -0.15) is 5.10 Å². The van der Waals surface area contributed by atoms with Crippen molar-refractivity contribution in [3.63, 3.8) is 0 Å². The zero-order chi connectivity index (χ0) is 13.2. The molecule has 0 radical (unpaired) electrons. The van der Waals surface area contributed by atoms with E-state index in [4.69, 9.17) is 4.74 Å². The molecule has 1 saturated heterocycles. The summed E-state index contributed by atoms with van der Waals surface area (Å²) in [7, 11) is 0. The van der Waals surface area contributed by atoms with Gasteiger partial charge in [-0.25, -0.2) is 0 Å². The predicted molar refractivity (Wildman–Crippen MR) is 70.4 cm³/mol. The van der Waals surface area contributed by atoms with Gasteiger partial charge in [-0.05, 0) is 32.3 Å². The maximum atomic E-state index is 10.8. The van der Waals surface area contributed by atoms with E-state index in [2.05, 4.69) is 25.9 Å². The molecule has 0 spiro atoms. The van der Waals surface area contributed by atoms with Crippen LogP contribution >= 0.6 is 0 Å². The molecular formula is C14H24N2O2. The van der Waals surface area contributed by atoms with Crippen LogP contribution in [-0.4, -0.2) is 32.7 Å². The van der Waals surface area contributed by atoms with Gasteiger partial charge < -0.3 is 9.84 Å². The highest BCUT2D eigenvalue weighted by molar-refractivity contribution is 5.10. The highest BCUT2D eigenvalue weighted by Crippen LogP contribution is 2.36. The first-order valence-electron chi connectivity index (χ1n) is 6.86. The smallest absolute Gasteiger partial charge is 0.0738 e. The van der Waals surface area contributed by atoms with Crippen molar-refractivity contribution < 1.29 is 9.84 Å². The van der Waals surface area contributed by atoms with E-state index in [1.807, 2.05) is 17.1 Å². The second-order valence-electron chi connectivity index (χ2n) is 5.68. The quantitative estimate of drug-likeness (QED) is 0.893. The summed E-state index contributed by atoms with van der Waals surface area (Å²) in [4.78, 5) is 0. The molecule has 1 aromatic rings. The van der Waals surface area contributed by atoms with Crippen LogP contribution in [-0.2, 0) is 17.7 Å². The van der Waals surface area contributed by atoms with E-state index in [9.17, 15) is 5.11 Å². The number of aryl methyl sites for hydroxylation is 1. The zero-order valence-electron chi connectivity index (χ0n) is 11.6. The molecule has 0 bridgehead atoms. The van der Waals surface area contributed by atoms with Crippen molar-refractivity contribution in [2.75, 3.05) is 6.61 Å².